The Morgan fingerprint density at radius 3 is 2.42 bits per heavy atom. The monoisotopic (exact) mass is 164 g/mol. The molecule has 0 spiro atoms. The minimum atomic E-state index is 0.179. The number of methoxy groups -OCH3 is 1. The van der Waals surface area contributed by atoms with Crippen LogP contribution in [0.25, 0.3) is 0 Å². The number of ether oxygens (including phenoxy) is 1. The van der Waals surface area contributed by atoms with Gasteiger partial charge >= 0.3 is 0 Å². The van der Waals surface area contributed by atoms with E-state index < -0.39 is 0 Å². The molecular weight excluding hydrogens is 152 g/mol. The zero-order valence-corrected chi connectivity index (χ0v) is 7.00. The quantitative estimate of drug-likeness (QED) is 0.508. The molecule has 12 heavy (non-hydrogen) atoms. The van der Waals surface area contributed by atoms with Gasteiger partial charge in [-0.1, -0.05) is 12.1 Å². The van der Waals surface area contributed by atoms with Crippen LogP contribution in [0, 0.1) is 5.41 Å². The molecule has 3 nitrogen and oxygen atoms in total. The van der Waals surface area contributed by atoms with Crippen LogP contribution in [-0.2, 0) is 11.3 Å². The van der Waals surface area contributed by atoms with Gasteiger partial charge in [0, 0.05) is 12.1 Å². The number of nitrogens with one attached hydrogen (secondary N) is 1. The summed E-state index contributed by atoms with van der Waals surface area (Å²) < 4.78 is 4.76. The average Bonchev–Trinajstić information content (AvgIpc) is 2.17. The number of hydrogen-bond acceptors (Lipinski definition) is 3. The molecule has 1 aromatic carbocycles. The van der Waals surface area contributed by atoms with Crippen molar-refractivity contribution in [1.29, 1.82) is 5.41 Å². The first kappa shape index (κ1) is 8.74. The van der Waals surface area contributed by atoms with Crippen LogP contribution in [0.5, 0.6) is 0 Å². The largest absolute Gasteiger partial charge is 0.481 e. The van der Waals surface area contributed by atoms with E-state index in [9.17, 15) is 0 Å². The SMILES string of the molecule is COC(=N)c1ccc(CN)cc1. The van der Waals surface area contributed by atoms with Gasteiger partial charge in [-0.2, -0.15) is 0 Å². The maximum Gasteiger partial charge on any atom is 0.212 e. The van der Waals surface area contributed by atoms with Crippen molar-refractivity contribution in [1.82, 2.24) is 0 Å². The smallest absolute Gasteiger partial charge is 0.212 e. The Bertz CT molecular complexity index is 266. The molecule has 0 aliphatic carbocycles. The lowest BCUT2D eigenvalue weighted by atomic mass is 10.1. The summed E-state index contributed by atoms with van der Waals surface area (Å²) in [5.41, 5.74) is 7.25. The van der Waals surface area contributed by atoms with Crippen LogP contribution < -0.4 is 5.73 Å². The van der Waals surface area contributed by atoms with Gasteiger partial charge in [0.05, 0.1) is 7.11 Å². The highest BCUT2D eigenvalue weighted by Crippen LogP contribution is 2.04. The lowest BCUT2D eigenvalue weighted by Gasteiger charge is -2.02. The second kappa shape index (κ2) is 3.88. The van der Waals surface area contributed by atoms with E-state index in [1.165, 1.54) is 7.11 Å². The fourth-order valence-electron chi connectivity index (χ4n) is 0.910. The molecule has 1 rings (SSSR count). The fraction of sp³-hybridized carbons (Fsp3) is 0.222. The van der Waals surface area contributed by atoms with E-state index in [-0.39, 0.29) is 5.90 Å². The summed E-state index contributed by atoms with van der Waals surface area (Å²) in [6.45, 7) is 0.528. The minimum absolute atomic E-state index is 0.179. The summed E-state index contributed by atoms with van der Waals surface area (Å²) in [5, 5.41) is 7.35. The fourth-order valence-corrected chi connectivity index (χ4v) is 0.910. The van der Waals surface area contributed by atoms with Gasteiger partial charge in [-0.15, -0.1) is 0 Å². The highest BCUT2D eigenvalue weighted by Gasteiger charge is 1.98. The molecule has 0 heterocycles. The Kier molecular flexibility index (Phi) is 2.82. The average molecular weight is 164 g/mol. The Labute approximate surface area is 71.7 Å². The lowest BCUT2D eigenvalue weighted by molar-refractivity contribution is 0.401. The van der Waals surface area contributed by atoms with Crippen molar-refractivity contribution in [2.45, 2.75) is 6.54 Å². The standard InChI is InChI=1S/C9H12N2O/c1-12-9(11)8-4-2-7(6-10)3-5-8/h2-5,11H,6,10H2,1H3. The van der Waals surface area contributed by atoms with E-state index in [0.717, 1.165) is 11.1 Å². The van der Waals surface area contributed by atoms with Crippen molar-refractivity contribution in [3.63, 3.8) is 0 Å². The topological polar surface area (TPSA) is 59.1 Å². The van der Waals surface area contributed by atoms with E-state index in [2.05, 4.69) is 0 Å². The summed E-state index contributed by atoms with van der Waals surface area (Å²) in [7, 11) is 1.49. The van der Waals surface area contributed by atoms with Gasteiger partial charge in [0.2, 0.25) is 5.90 Å². The molecule has 0 saturated carbocycles. The predicted octanol–water partition coefficient (Wildman–Crippen LogP) is 1.12. The molecule has 0 saturated heterocycles. The number of hydrogen-bond donors (Lipinski definition) is 2. The van der Waals surface area contributed by atoms with Crippen LogP contribution in [0.4, 0.5) is 0 Å². The van der Waals surface area contributed by atoms with E-state index in [4.69, 9.17) is 15.9 Å². The third-order valence-electron chi connectivity index (χ3n) is 1.66. The van der Waals surface area contributed by atoms with Gasteiger partial charge in [0.25, 0.3) is 0 Å². The molecule has 0 atom stereocenters. The Balaban J connectivity index is 2.84. The molecular formula is C9H12N2O. The molecule has 0 unspecified atom stereocenters. The molecule has 1 aromatic rings. The molecule has 0 radical (unpaired) electrons. The van der Waals surface area contributed by atoms with Gasteiger partial charge < -0.3 is 10.5 Å². The molecule has 64 valence electrons. The summed E-state index contributed by atoms with van der Waals surface area (Å²) in [6.07, 6.45) is 0. The second-order valence-electron chi connectivity index (χ2n) is 2.43. The summed E-state index contributed by atoms with van der Waals surface area (Å²) in [6, 6.07) is 7.44. The Morgan fingerprint density at radius 1 is 1.42 bits per heavy atom. The maximum absolute atomic E-state index is 7.35. The van der Waals surface area contributed by atoms with Crippen LogP contribution >= 0.6 is 0 Å². The first-order valence-corrected chi connectivity index (χ1v) is 3.70. The number of benzene rings is 1. The Morgan fingerprint density at radius 2 is 2.00 bits per heavy atom. The molecule has 0 fully saturated rings. The Hall–Kier alpha value is -1.35. The summed E-state index contributed by atoms with van der Waals surface area (Å²) in [4.78, 5) is 0. The van der Waals surface area contributed by atoms with Crippen LogP contribution in [0.3, 0.4) is 0 Å². The van der Waals surface area contributed by atoms with Gasteiger partial charge in [-0.25, -0.2) is 0 Å². The van der Waals surface area contributed by atoms with E-state index in [1.54, 1.807) is 0 Å². The first-order chi connectivity index (χ1) is 5.77. The van der Waals surface area contributed by atoms with Gasteiger partial charge in [-0.05, 0) is 17.7 Å². The van der Waals surface area contributed by atoms with Crippen molar-refractivity contribution >= 4 is 5.90 Å². The van der Waals surface area contributed by atoms with Crippen molar-refractivity contribution in [2.75, 3.05) is 7.11 Å². The molecule has 0 bridgehead atoms. The van der Waals surface area contributed by atoms with Crippen molar-refractivity contribution in [2.24, 2.45) is 5.73 Å². The minimum Gasteiger partial charge on any atom is -0.481 e. The zero-order chi connectivity index (χ0) is 8.97. The van der Waals surface area contributed by atoms with Gasteiger partial charge in [0.15, 0.2) is 0 Å². The molecule has 0 aliphatic rings. The number of rotatable bonds is 2. The maximum atomic E-state index is 7.35. The van der Waals surface area contributed by atoms with E-state index >= 15 is 0 Å². The van der Waals surface area contributed by atoms with E-state index in [1.807, 2.05) is 24.3 Å². The molecule has 3 N–H and O–H groups in total. The normalized spacial score (nSPS) is 9.50. The third kappa shape index (κ3) is 1.83. The third-order valence-corrected chi connectivity index (χ3v) is 1.66. The van der Waals surface area contributed by atoms with Crippen LogP contribution in [0.2, 0.25) is 0 Å². The van der Waals surface area contributed by atoms with Crippen LogP contribution in [0.15, 0.2) is 24.3 Å². The van der Waals surface area contributed by atoms with Crippen LogP contribution in [-0.4, -0.2) is 13.0 Å². The van der Waals surface area contributed by atoms with Crippen molar-refractivity contribution in [3.05, 3.63) is 35.4 Å². The van der Waals surface area contributed by atoms with Crippen molar-refractivity contribution < 1.29 is 4.74 Å². The highest BCUT2D eigenvalue weighted by atomic mass is 16.5. The van der Waals surface area contributed by atoms with Crippen molar-refractivity contribution in [3.8, 4) is 0 Å². The van der Waals surface area contributed by atoms with Gasteiger partial charge in [-0.3, -0.25) is 5.41 Å². The zero-order valence-electron chi connectivity index (χ0n) is 7.00. The molecule has 0 amide bonds. The first-order valence-electron chi connectivity index (χ1n) is 3.70. The molecule has 0 aliphatic heterocycles. The van der Waals surface area contributed by atoms with Crippen LogP contribution in [0.1, 0.15) is 11.1 Å². The van der Waals surface area contributed by atoms with Gasteiger partial charge in [0.1, 0.15) is 0 Å². The second-order valence-corrected chi connectivity index (χ2v) is 2.43. The molecule has 3 heteroatoms. The highest BCUT2D eigenvalue weighted by molar-refractivity contribution is 5.91. The predicted molar refractivity (Wildman–Crippen MR) is 48.2 cm³/mol. The molecule has 0 aromatic heterocycles. The summed E-state index contributed by atoms with van der Waals surface area (Å²) >= 11 is 0. The lowest BCUT2D eigenvalue weighted by Crippen LogP contribution is -2.02. The number of nitrogens with two attached hydrogens (primary N) is 1. The van der Waals surface area contributed by atoms with E-state index in [0.29, 0.717) is 6.54 Å². The summed E-state index contributed by atoms with van der Waals surface area (Å²) in [5.74, 6) is 0.179.